The maximum Gasteiger partial charge on any atom is 0.259 e. The number of hydrogen-bond donors (Lipinski definition) is 1. The smallest absolute Gasteiger partial charge is 0.259 e. The van der Waals surface area contributed by atoms with Gasteiger partial charge in [-0.25, -0.2) is 0 Å². The molecule has 1 atom stereocenters. The fraction of sp³-hybridized carbons (Fsp3) is 0.571. The Morgan fingerprint density at radius 1 is 1.47 bits per heavy atom. The fourth-order valence-corrected chi connectivity index (χ4v) is 2.11. The zero-order valence-electron chi connectivity index (χ0n) is 12.2. The number of nitrogens with one attached hydrogen (secondary N) is 1. The monoisotopic (exact) mass is 266 g/mol. The van der Waals surface area contributed by atoms with E-state index in [1.165, 1.54) is 11.0 Å². The van der Waals surface area contributed by atoms with Crippen LogP contribution in [0.4, 0.5) is 0 Å². The topological polar surface area (TPSA) is 62.4 Å². The average molecular weight is 266 g/mol. The summed E-state index contributed by atoms with van der Waals surface area (Å²) in [6.45, 7) is 8.41. The Hall–Kier alpha value is -1.62. The largest absolute Gasteiger partial charge is 0.377 e. The van der Waals surface area contributed by atoms with Gasteiger partial charge in [-0.1, -0.05) is 0 Å². The van der Waals surface area contributed by atoms with E-state index in [0.717, 1.165) is 5.69 Å². The van der Waals surface area contributed by atoms with Crippen molar-refractivity contribution in [2.45, 2.75) is 33.8 Å². The molecule has 1 amide bonds. The number of aryl methyl sites for hydroxylation is 2. The highest BCUT2D eigenvalue weighted by atomic mass is 16.5. The molecule has 5 nitrogen and oxygen atoms in total. The summed E-state index contributed by atoms with van der Waals surface area (Å²) in [7, 11) is 1.68. The molecule has 1 N–H and O–H groups in total. The summed E-state index contributed by atoms with van der Waals surface area (Å²) in [6, 6.07) is 1.44. The number of carbonyl (C=O) groups is 1. The van der Waals surface area contributed by atoms with Gasteiger partial charge < -0.3 is 14.6 Å². The SMILES string of the molecule is CCO[C@H](C)CN(C)C(=O)c1c(C)[nH]c(C)cc1=O. The normalized spacial score (nSPS) is 12.3. The van der Waals surface area contributed by atoms with Crippen LogP contribution in [0.3, 0.4) is 0 Å². The van der Waals surface area contributed by atoms with Gasteiger partial charge in [0.25, 0.3) is 5.91 Å². The first-order valence-corrected chi connectivity index (χ1v) is 6.44. The number of amides is 1. The van der Waals surface area contributed by atoms with Crippen molar-refractivity contribution < 1.29 is 9.53 Å². The molecule has 0 aliphatic rings. The van der Waals surface area contributed by atoms with E-state index < -0.39 is 0 Å². The van der Waals surface area contributed by atoms with Crippen molar-refractivity contribution in [3.63, 3.8) is 0 Å². The second-order valence-corrected chi connectivity index (χ2v) is 4.77. The van der Waals surface area contributed by atoms with Crippen molar-refractivity contribution in [1.82, 2.24) is 9.88 Å². The first-order chi connectivity index (χ1) is 8.86. The molecule has 0 spiro atoms. The van der Waals surface area contributed by atoms with Crippen molar-refractivity contribution in [3.05, 3.63) is 33.2 Å². The Labute approximate surface area is 113 Å². The Kier molecular flexibility index (Phi) is 5.30. The Bertz CT molecular complexity index is 508. The molecule has 0 bridgehead atoms. The molecule has 1 rings (SSSR count). The number of likely N-dealkylation sites (N-methyl/N-ethyl adjacent to an activating group) is 1. The summed E-state index contributed by atoms with van der Waals surface area (Å²) in [5.74, 6) is -0.273. The number of rotatable bonds is 5. The van der Waals surface area contributed by atoms with Gasteiger partial charge in [0, 0.05) is 37.7 Å². The van der Waals surface area contributed by atoms with E-state index in [1.54, 1.807) is 20.9 Å². The van der Waals surface area contributed by atoms with E-state index in [-0.39, 0.29) is 23.0 Å². The van der Waals surface area contributed by atoms with Crippen LogP contribution < -0.4 is 5.43 Å². The molecule has 106 valence electrons. The van der Waals surface area contributed by atoms with E-state index in [2.05, 4.69) is 4.98 Å². The number of pyridine rings is 1. The third-order valence-electron chi connectivity index (χ3n) is 2.90. The van der Waals surface area contributed by atoms with Crippen molar-refractivity contribution in [1.29, 1.82) is 0 Å². The van der Waals surface area contributed by atoms with Crippen molar-refractivity contribution in [3.8, 4) is 0 Å². The second kappa shape index (κ2) is 6.52. The zero-order chi connectivity index (χ0) is 14.6. The van der Waals surface area contributed by atoms with Crippen LogP contribution in [0.5, 0.6) is 0 Å². The lowest BCUT2D eigenvalue weighted by Gasteiger charge is -2.22. The lowest BCUT2D eigenvalue weighted by molar-refractivity contribution is 0.0435. The van der Waals surface area contributed by atoms with Crippen LogP contribution in [0.2, 0.25) is 0 Å². The number of aromatic amines is 1. The quantitative estimate of drug-likeness (QED) is 0.878. The molecular formula is C14H22N2O3. The molecule has 0 aliphatic carbocycles. The minimum Gasteiger partial charge on any atom is -0.377 e. The van der Waals surface area contributed by atoms with Crippen LogP contribution >= 0.6 is 0 Å². The Balaban J connectivity index is 2.92. The minimum absolute atomic E-state index is 0.0520. The molecule has 0 fully saturated rings. The van der Waals surface area contributed by atoms with Crippen molar-refractivity contribution in [2.24, 2.45) is 0 Å². The maximum atomic E-state index is 12.3. The number of ether oxygens (including phenoxy) is 1. The number of hydrogen-bond acceptors (Lipinski definition) is 3. The second-order valence-electron chi connectivity index (χ2n) is 4.77. The lowest BCUT2D eigenvalue weighted by atomic mass is 10.1. The van der Waals surface area contributed by atoms with Gasteiger partial charge in [-0.2, -0.15) is 0 Å². The molecule has 0 aliphatic heterocycles. The zero-order valence-corrected chi connectivity index (χ0v) is 12.2. The summed E-state index contributed by atoms with van der Waals surface area (Å²) in [6.07, 6.45) is -0.0520. The summed E-state index contributed by atoms with van der Waals surface area (Å²) in [5.41, 5.74) is 1.32. The predicted octanol–water partition coefficient (Wildman–Crippen LogP) is 1.49. The lowest BCUT2D eigenvalue weighted by Crippen LogP contribution is -2.37. The van der Waals surface area contributed by atoms with E-state index in [9.17, 15) is 9.59 Å². The highest BCUT2D eigenvalue weighted by Gasteiger charge is 2.19. The van der Waals surface area contributed by atoms with Crippen LogP contribution in [-0.4, -0.2) is 42.1 Å². The van der Waals surface area contributed by atoms with Gasteiger partial charge >= 0.3 is 0 Å². The third-order valence-corrected chi connectivity index (χ3v) is 2.90. The minimum atomic E-state index is -0.273. The number of aromatic nitrogens is 1. The summed E-state index contributed by atoms with van der Waals surface area (Å²) in [5, 5.41) is 0. The molecule has 5 heteroatoms. The van der Waals surface area contributed by atoms with E-state index in [1.807, 2.05) is 13.8 Å². The molecule has 0 saturated carbocycles. The maximum absolute atomic E-state index is 12.3. The Morgan fingerprint density at radius 2 is 2.11 bits per heavy atom. The van der Waals surface area contributed by atoms with Gasteiger partial charge in [-0.15, -0.1) is 0 Å². The molecule has 19 heavy (non-hydrogen) atoms. The molecule has 0 radical (unpaired) electrons. The van der Waals surface area contributed by atoms with E-state index in [4.69, 9.17) is 4.74 Å². The number of carbonyl (C=O) groups excluding carboxylic acids is 1. The standard InChI is InChI=1S/C14H22N2O3/c1-6-19-10(3)8-16(5)14(18)13-11(4)15-9(2)7-12(13)17/h7,10H,6,8H2,1-5H3,(H,15,17)/t10-/m1/s1. The molecule has 1 heterocycles. The number of nitrogens with zero attached hydrogens (tertiary/aromatic N) is 1. The molecule has 0 saturated heterocycles. The first-order valence-electron chi connectivity index (χ1n) is 6.44. The highest BCUT2D eigenvalue weighted by Crippen LogP contribution is 2.06. The van der Waals surface area contributed by atoms with Crippen LogP contribution in [0.25, 0.3) is 0 Å². The van der Waals surface area contributed by atoms with Crippen LogP contribution in [0.1, 0.15) is 35.6 Å². The summed E-state index contributed by atoms with van der Waals surface area (Å²) >= 11 is 0. The average Bonchev–Trinajstić information content (AvgIpc) is 2.27. The van der Waals surface area contributed by atoms with Gasteiger partial charge in [0.2, 0.25) is 0 Å². The molecule has 1 aromatic heterocycles. The number of H-pyrrole nitrogens is 1. The Morgan fingerprint density at radius 3 is 2.63 bits per heavy atom. The molecule has 0 aromatic carbocycles. The van der Waals surface area contributed by atoms with Gasteiger partial charge in [0.1, 0.15) is 5.56 Å². The third kappa shape index (κ3) is 3.92. The van der Waals surface area contributed by atoms with Gasteiger partial charge in [0.15, 0.2) is 5.43 Å². The first kappa shape index (κ1) is 15.4. The van der Waals surface area contributed by atoms with Crippen LogP contribution in [0, 0.1) is 13.8 Å². The van der Waals surface area contributed by atoms with Crippen LogP contribution in [0.15, 0.2) is 10.9 Å². The predicted molar refractivity (Wildman–Crippen MR) is 74.6 cm³/mol. The van der Waals surface area contributed by atoms with Gasteiger partial charge in [0.05, 0.1) is 6.10 Å². The van der Waals surface area contributed by atoms with Crippen LogP contribution in [-0.2, 0) is 4.74 Å². The van der Waals surface area contributed by atoms with E-state index in [0.29, 0.717) is 18.8 Å². The van der Waals surface area contributed by atoms with Gasteiger partial charge in [-0.3, -0.25) is 9.59 Å². The van der Waals surface area contributed by atoms with E-state index >= 15 is 0 Å². The van der Waals surface area contributed by atoms with Crippen molar-refractivity contribution in [2.75, 3.05) is 20.2 Å². The fourth-order valence-electron chi connectivity index (χ4n) is 2.11. The highest BCUT2D eigenvalue weighted by molar-refractivity contribution is 5.95. The van der Waals surface area contributed by atoms with Crippen molar-refractivity contribution >= 4 is 5.91 Å². The molecule has 1 aromatic rings. The van der Waals surface area contributed by atoms with Gasteiger partial charge in [-0.05, 0) is 27.7 Å². The molecular weight excluding hydrogens is 244 g/mol. The summed E-state index contributed by atoms with van der Waals surface area (Å²) in [4.78, 5) is 28.7. The summed E-state index contributed by atoms with van der Waals surface area (Å²) < 4.78 is 5.40. The molecule has 0 unspecified atom stereocenters.